The van der Waals surface area contributed by atoms with Gasteiger partial charge in [-0.2, -0.15) is 0 Å². The molecule has 6 aromatic heterocycles. The second kappa shape index (κ2) is 32.4. The van der Waals surface area contributed by atoms with Gasteiger partial charge in [-0.1, -0.05) is 352 Å². The molecule has 27 aromatic rings. The maximum Gasteiger partial charge on any atom is 0.0547 e. The predicted molar refractivity (Wildman–Crippen MR) is 558 cm³/mol. The summed E-state index contributed by atoms with van der Waals surface area (Å²) in [5.74, 6) is 0. The van der Waals surface area contributed by atoms with Crippen LogP contribution in [0.4, 0.5) is 0 Å². The van der Waals surface area contributed by atoms with E-state index in [1.807, 2.05) is 0 Å². The Morgan fingerprint density at radius 2 is 0.258 bits per heavy atom. The van der Waals surface area contributed by atoms with Crippen LogP contribution in [-0.2, 0) is 0 Å². The second-order valence-corrected chi connectivity index (χ2v) is 34.3. The zero-order chi connectivity index (χ0) is 87.1. The zero-order valence-electron chi connectivity index (χ0n) is 72.2. The molecule has 0 aliphatic carbocycles. The summed E-state index contributed by atoms with van der Waals surface area (Å²) in [4.78, 5) is 0. The van der Waals surface area contributed by atoms with Crippen molar-refractivity contribution in [3.8, 4) is 101 Å². The molecule has 0 fully saturated rings. The lowest BCUT2D eigenvalue weighted by Gasteiger charge is -2.12. The van der Waals surface area contributed by atoms with Gasteiger partial charge >= 0.3 is 0 Å². The molecular weight excluding hydrogens is 1600 g/mol. The Kier molecular flexibility index (Phi) is 18.8. The van der Waals surface area contributed by atoms with Crippen molar-refractivity contribution in [3.05, 3.63) is 510 Å². The Bertz CT molecular complexity index is 9100. The fourth-order valence-corrected chi connectivity index (χ4v) is 20.6. The second-order valence-electron chi connectivity index (χ2n) is 34.3. The van der Waals surface area contributed by atoms with E-state index in [1.165, 1.54) is 215 Å². The maximum atomic E-state index is 2.42. The third kappa shape index (κ3) is 13.3. The lowest BCUT2D eigenvalue weighted by atomic mass is 10.0. The van der Waals surface area contributed by atoms with Crippen LogP contribution in [0.5, 0.6) is 0 Å². The summed E-state index contributed by atoms with van der Waals surface area (Å²) in [6.07, 6.45) is 0. The van der Waals surface area contributed by atoms with Gasteiger partial charge in [-0.15, -0.1) is 0 Å². The van der Waals surface area contributed by atoms with Crippen molar-refractivity contribution in [3.63, 3.8) is 0 Å². The van der Waals surface area contributed by atoms with E-state index in [4.69, 9.17) is 0 Å². The van der Waals surface area contributed by atoms with Crippen molar-refractivity contribution in [2.75, 3.05) is 0 Å². The van der Waals surface area contributed by atoms with Crippen molar-refractivity contribution in [2.24, 2.45) is 0 Å². The van der Waals surface area contributed by atoms with Crippen LogP contribution in [0.1, 0.15) is 0 Å². The molecular formula is C126H84N6. The highest BCUT2D eigenvalue weighted by atomic mass is 15.0. The van der Waals surface area contributed by atoms with Crippen LogP contribution in [0.15, 0.2) is 510 Å². The van der Waals surface area contributed by atoms with Gasteiger partial charge < -0.3 is 27.4 Å². The van der Waals surface area contributed by atoms with Gasteiger partial charge in [0.2, 0.25) is 0 Å². The van der Waals surface area contributed by atoms with E-state index in [1.54, 1.807) is 0 Å². The smallest absolute Gasteiger partial charge is 0.0547 e. The molecule has 6 nitrogen and oxygen atoms in total. The van der Waals surface area contributed by atoms with Crippen LogP contribution < -0.4 is 0 Å². The summed E-state index contributed by atoms with van der Waals surface area (Å²) in [7, 11) is 0. The highest BCUT2D eigenvalue weighted by Gasteiger charge is 2.23. The van der Waals surface area contributed by atoms with Crippen molar-refractivity contribution in [1.29, 1.82) is 0 Å². The number of aromatic nitrogens is 6. The van der Waals surface area contributed by atoms with Crippen molar-refractivity contribution in [2.45, 2.75) is 0 Å². The number of hydrogen-bond donors (Lipinski definition) is 0. The largest absolute Gasteiger partial charge is 0.309 e. The lowest BCUT2D eigenvalue weighted by Crippen LogP contribution is -1.95. The molecule has 0 N–H and O–H groups in total. The third-order valence-corrected chi connectivity index (χ3v) is 26.7. The molecule has 6 heterocycles. The average molecular weight is 1680 g/mol. The molecule has 0 aliphatic heterocycles. The molecule has 618 valence electrons. The zero-order valence-corrected chi connectivity index (χ0v) is 72.2. The first-order valence-electron chi connectivity index (χ1n) is 45.3. The fourth-order valence-electron chi connectivity index (χ4n) is 20.6. The molecule has 0 bridgehead atoms. The number of fused-ring (bicyclic) bond motifs is 18. The van der Waals surface area contributed by atoms with Gasteiger partial charge in [0.05, 0.1) is 66.2 Å². The van der Waals surface area contributed by atoms with Crippen LogP contribution in [-0.4, -0.2) is 27.4 Å². The highest BCUT2D eigenvalue weighted by molar-refractivity contribution is 6.17. The van der Waals surface area contributed by atoms with E-state index in [0.717, 1.165) is 17.1 Å². The van der Waals surface area contributed by atoms with E-state index in [-0.39, 0.29) is 0 Å². The molecule has 0 spiro atoms. The van der Waals surface area contributed by atoms with E-state index < -0.39 is 0 Å². The predicted octanol–water partition coefficient (Wildman–Crippen LogP) is 33.6. The van der Waals surface area contributed by atoms with Gasteiger partial charge in [0.1, 0.15) is 0 Å². The quantitative estimate of drug-likeness (QED) is 0.117. The number of para-hydroxylation sites is 9. The molecule has 132 heavy (non-hydrogen) atoms. The Morgan fingerprint density at radius 3 is 0.561 bits per heavy atom. The van der Waals surface area contributed by atoms with E-state index >= 15 is 0 Å². The molecule has 0 amide bonds. The minimum atomic E-state index is 1.16. The topological polar surface area (TPSA) is 29.6 Å². The van der Waals surface area contributed by atoms with E-state index in [2.05, 4.69) is 537 Å². The summed E-state index contributed by atoms with van der Waals surface area (Å²) in [5, 5.41) is 15.2. The van der Waals surface area contributed by atoms with Gasteiger partial charge in [0, 0.05) is 98.8 Å². The summed E-state index contributed by atoms with van der Waals surface area (Å²) < 4.78 is 14.4. The first kappa shape index (κ1) is 76.8. The van der Waals surface area contributed by atoms with Crippen LogP contribution >= 0.6 is 0 Å². The molecule has 0 radical (unpaired) electrons. The van der Waals surface area contributed by atoms with Gasteiger partial charge in [-0.05, 0) is 224 Å². The van der Waals surface area contributed by atoms with Crippen LogP contribution in [0.25, 0.3) is 232 Å². The molecule has 0 saturated heterocycles. The Balaban J connectivity index is 0.000000106. The van der Waals surface area contributed by atoms with Crippen LogP contribution in [0, 0.1) is 0 Å². The van der Waals surface area contributed by atoms with Crippen molar-refractivity contribution in [1.82, 2.24) is 27.4 Å². The van der Waals surface area contributed by atoms with Gasteiger partial charge in [-0.25, -0.2) is 0 Å². The third-order valence-electron chi connectivity index (χ3n) is 26.7. The Labute approximate surface area is 763 Å². The Hall–Kier alpha value is -17.6. The lowest BCUT2D eigenvalue weighted by molar-refractivity contribution is 1.18. The van der Waals surface area contributed by atoms with Crippen molar-refractivity contribution >= 4 is 131 Å². The van der Waals surface area contributed by atoms with Crippen LogP contribution in [0.3, 0.4) is 0 Å². The fraction of sp³-hybridized carbons (Fsp3) is 0. The number of hydrogen-bond acceptors (Lipinski definition) is 0. The minimum Gasteiger partial charge on any atom is -0.309 e. The molecule has 0 unspecified atom stereocenters. The monoisotopic (exact) mass is 1680 g/mol. The summed E-state index contributed by atoms with van der Waals surface area (Å²) in [5.41, 5.74) is 36.2. The first-order chi connectivity index (χ1) is 65.5. The normalized spacial score (nSPS) is 11.6. The summed E-state index contributed by atoms with van der Waals surface area (Å²) in [6.45, 7) is 0. The summed E-state index contributed by atoms with van der Waals surface area (Å²) in [6, 6.07) is 184. The summed E-state index contributed by atoms with van der Waals surface area (Å²) >= 11 is 0. The maximum absolute atomic E-state index is 2.42. The average Bonchev–Trinajstić information content (AvgIpc) is 1.58. The number of nitrogens with zero attached hydrogens (tertiary/aromatic N) is 6. The number of rotatable bonds is 12. The van der Waals surface area contributed by atoms with Gasteiger partial charge in [0.15, 0.2) is 0 Å². The van der Waals surface area contributed by atoms with Crippen LogP contribution in [0.2, 0.25) is 0 Å². The minimum absolute atomic E-state index is 1.16. The Morgan fingerprint density at radius 1 is 0.0833 bits per heavy atom. The molecule has 6 heteroatoms. The van der Waals surface area contributed by atoms with Gasteiger partial charge in [-0.3, -0.25) is 0 Å². The highest BCUT2D eigenvalue weighted by Crippen LogP contribution is 2.45. The van der Waals surface area contributed by atoms with E-state index in [9.17, 15) is 0 Å². The molecule has 0 saturated carbocycles. The molecule has 0 atom stereocenters. The molecule has 0 aliphatic rings. The first-order valence-corrected chi connectivity index (χ1v) is 45.3. The standard InChI is InChI=1S/3C42H28N2/c1-3-12-29(13-4-1)30-14-11-17-34(26-30)44-39-20-9-7-18-35(39)37-24-22-32(28-42(37)44)31-23-25-41-38(27-31)36-19-8-10-21-40(36)43(41)33-15-5-2-6-16-33;1-3-12-29(13-4-1)30-14-11-17-34(26-30)44-40-21-10-8-19-36(40)38-25-23-32(28-42(38)44)31-22-24-37-35-18-7-9-20-39(35)43(41(37)27-31)33-15-5-2-6-16-33;1-3-11-29(12-4-1)30-19-23-34(24-20-30)44-39-17-9-7-15-35(39)37-25-21-32(28-42(37)44)31-22-26-41-38(27-31)36-16-8-10-18-40(36)43(41)33-13-5-2-6-14-33/h3*1-28H. The van der Waals surface area contributed by atoms with Gasteiger partial charge in [0.25, 0.3) is 0 Å². The number of benzene rings is 21. The van der Waals surface area contributed by atoms with Crippen molar-refractivity contribution < 1.29 is 0 Å². The SMILES string of the molecule is c1ccc(-c2ccc(-n3c4ccccc4c4ccc(-c5ccc6c(c5)c5ccccc5n6-c5ccccc5)cc43)cc2)cc1.c1ccc(-c2cccc(-n3c4ccccc4c4ccc(-c5ccc6c(c5)c5ccccc5n6-c5ccccc5)cc43)c2)cc1.c1ccc(-c2cccc(-n3c4ccccc4c4ccc(-c5ccc6c7ccccc7n(-c7ccccc7)c6c5)cc43)c2)cc1. The molecule has 21 aromatic carbocycles. The van der Waals surface area contributed by atoms with E-state index in [0.29, 0.717) is 0 Å². The molecule has 27 rings (SSSR count).